The lowest BCUT2D eigenvalue weighted by atomic mass is 10.1. The van der Waals surface area contributed by atoms with E-state index in [-0.39, 0.29) is 0 Å². The first-order valence-corrected chi connectivity index (χ1v) is 9.39. The average molecular weight is 388 g/mol. The van der Waals surface area contributed by atoms with Crippen LogP contribution in [0.2, 0.25) is 0 Å². The Morgan fingerprint density at radius 1 is 1.10 bits per heavy atom. The summed E-state index contributed by atoms with van der Waals surface area (Å²) in [6.45, 7) is 4.20. The largest absolute Gasteiger partial charge is 0.449 e. The van der Waals surface area contributed by atoms with E-state index in [1.807, 2.05) is 49.4 Å². The number of fused-ring (bicyclic) bond motifs is 2. The number of carbonyl (C=O) groups excluding carboxylic acids is 2. The number of anilines is 1. The number of benzene rings is 3. The fourth-order valence-electron chi connectivity index (χ4n) is 3.18. The summed E-state index contributed by atoms with van der Waals surface area (Å²) >= 11 is 0. The number of carbonyl (C=O) groups is 2. The molecule has 0 saturated heterocycles. The highest BCUT2D eigenvalue weighted by Gasteiger charge is 2.20. The summed E-state index contributed by atoms with van der Waals surface area (Å²) in [6, 6.07) is 18.4. The molecule has 7 heteroatoms. The minimum Gasteiger partial charge on any atom is -0.449 e. The van der Waals surface area contributed by atoms with Crippen LogP contribution in [-0.4, -0.2) is 33.0 Å². The van der Waals surface area contributed by atoms with Gasteiger partial charge in [-0.15, -0.1) is 5.10 Å². The molecular formula is C22H20N4O3. The van der Waals surface area contributed by atoms with Gasteiger partial charge in [-0.25, -0.2) is 9.48 Å². The van der Waals surface area contributed by atoms with E-state index in [0.29, 0.717) is 23.3 Å². The van der Waals surface area contributed by atoms with Crippen LogP contribution in [0.5, 0.6) is 0 Å². The van der Waals surface area contributed by atoms with E-state index in [1.54, 1.807) is 29.8 Å². The van der Waals surface area contributed by atoms with E-state index in [4.69, 9.17) is 4.74 Å². The monoisotopic (exact) mass is 388 g/mol. The SMILES string of the molecule is CCn1nnc2cc(C(=O)OC(C)C(=O)Nc3cccc4ccccc34)ccc21. The number of hydrogen-bond donors (Lipinski definition) is 1. The van der Waals surface area contributed by atoms with Gasteiger partial charge in [-0.3, -0.25) is 4.79 Å². The predicted octanol–water partition coefficient (Wildman–Crippen LogP) is 3.79. The Bertz CT molecular complexity index is 1210. The summed E-state index contributed by atoms with van der Waals surface area (Å²) in [5, 5.41) is 12.9. The second-order valence-corrected chi connectivity index (χ2v) is 6.67. The van der Waals surface area contributed by atoms with Crippen LogP contribution in [-0.2, 0) is 16.1 Å². The summed E-state index contributed by atoms with van der Waals surface area (Å²) in [5.74, 6) is -0.980. The van der Waals surface area contributed by atoms with Gasteiger partial charge in [0, 0.05) is 17.6 Å². The molecule has 1 N–H and O–H groups in total. The lowest BCUT2D eigenvalue weighted by Gasteiger charge is -2.15. The zero-order chi connectivity index (χ0) is 20.4. The molecular weight excluding hydrogens is 368 g/mol. The number of hydrogen-bond acceptors (Lipinski definition) is 5. The van der Waals surface area contributed by atoms with Crippen molar-refractivity contribution in [3.63, 3.8) is 0 Å². The molecule has 1 unspecified atom stereocenters. The van der Waals surface area contributed by atoms with E-state index in [9.17, 15) is 9.59 Å². The maximum Gasteiger partial charge on any atom is 0.338 e. The fraction of sp³-hybridized carbons (Fsp3) is 0.182. The Morgan fingerprint density at radius 2 is 1.90 bits per heavy atom. The van der Waals surface area contributed by atoms with Crippen molar-refractivity contribution in [1.29, 1.82) is 0 Å². The molecule has 4 rings (SSSR count). The van der Waals surface area contributed by atoms with Crippen LogP contribution in [0.4, 0.5) is 5.69 Å². The van der Waals surface area contributed by atoms with Crippen molar-refractivity contribution in [2.75, 3.05) is 5.32 Å². The van der Waals surface area contributed by atoms with Crippen molar-refractivity contribution < 1.29 is 14.3 Å². The van der Waals surface area contributed by atoms with Crippen molar-refractivity contribution in [2.24, 2.45) is 0 Å². The molecule has 3 aromatic carbocycles. The van der Waals surface area contributed by atoms with Crippen molar-refractivity contribution in [3.05, 3.63) is 66.2 Å². The molecule has 0 aliphatic heterocycles. The maximum absolute atomic E-state index is 12.6. The summed E-state index contributed by atoms with van der Waals surface area (Å²) in [7, 11) is 0. The quantitative estimate of drug-likeness (QED) is 0.526. The van der Waals surface area contributed by atoms with Crippen LogP contribution < -0.4 is 5.32 Å². The maximum atomic E-state index is 12.6. The third-order valence-electron chi connectivity index (χ3n) is 4.75. The Labute approximate surface area is 167 Å². The van der Waals surface area contributed by atoms with Crippen molar-refractivity contribution in [1.82, 2.24) is 15.0 Å². The molecule has 146 valence electrons. The van der Waals surface area contributed by atoms with E-state index in [2.05, 4.69) is 15.6 Å². The Balaban J connectivity index is 1.47. The molecule has 0 radical (unpaired) electrons. The Hall–Kier alpha value is -3.74. The Morgan fingerprint density at radius 3 is 2.72 bits per heavy atom. The molecule has 0 aliphatic rings. The van der Waals surface area contributed by atoms with Crippen LogP contribution in [0.1, 0.15) is 24.2 Å². The van der Waals surface area contributed by atoms with Crippen molar-refractivity contribution in [3.8, 4) is 0 Å². The number of rotatable bonds is 5. The molecule has 0 aliphatic carbocycles. The van der Waals surface area contributed by atoms with Gasteiger partial charge >= 0.3 is 5.97 Å². The molecule has 0 saturated carbocycles. The van der Waals surface area contributed by atoms with Crippen LogP contribution in [0.3, 0.4) is 0 Å². The normalized spacial score (nSPS) is 12.1. The average Bonchev–Trinajstić information content (AvgIpc) is 3.16. The van der Waals surface area contributed by atoms with Crippen LogP contribution in [0.15, 0.2) is 60.7 Å². The van der Waals surface area contributed by atoms with Crippen LogP contribution >= 0.6 is 0 Å². The van der Waals surface area contributed by atoms with Crippen molar-refractivity contribution >= 4 is 39.4 Å². The second kappa shape index (κ2) is 7.71. The number of nitrogens with zero attached hydrogens (tertiary/aromatic N) is 3. The van der Waals surface area contributed by atoms with E-state index < -0.39 is 18.0 Å². The molecule has 0 bridgehead atoms. The number of ether oxygens (including phenoxy) is 1. The first kappa shape index (κ1) is 18.6. The summed E-state index contributed by atoms with van der Waals surface area (Å²) in [4.78, 5) is 25.1. The lowest BCUT2D eigenvalue weighted by molar-refractivity contribution is -0.123. The molecule has 1 heterocycles. The highest BCUT2D eigenvalue weighted by atomic mass is 16.5. The summed E-state index contributed by atoms with van der Waals surface area (Å²) in [6.07, 6.45) is -0.955. The lowest BCUT2D eigenvalue weighted by Crippen LogP contribution is -2.30. The Kier molecular flexibility index (Phi) is 4.95. The third-order valence-corrected chi connectivity index (χ3v) is 4.75. The standard InChI is InChI=1S/C22H20N4O3/c1-3-26-20-12-11-16(13-19(20)24-25-26)22(28)29-14(2)21(27)23-18-10-6-8-15-7-4-5-9-17(15)18/h4-14H,3H2,1-2H3,(H,23,27). The van der Waals surface area contributed by atoms with E-state index in [0.717, 1.165) is 16.3 Å². The first-order chi connectivity index (χ1) is 14.1. The molecule has 1 amide bonds. The van der Waals surface area contributed by atoms with E-state index >= 15 is 0 Å². The van der Waals surface area contributed by atoms with Gasteiger partial charge in [-0.05, 0) is 43.5 Å². The highest BCUT2D eigenvalue weighted by Crippen LogP contribution is 2.23. The van der Waals surface area contributed by atoms with Crippen molar-refractivity contribution in [2.45, 2.75) is 26.5 Å². The zero-order valence-corrected chi connectivity index (χ0v) is 16.1. The molecule has 0 fully saturated rings. The number of amides is 1. The fourth-order valence-corrected chi connectivity index (χ4v) is 3.18. The third kappa shape index (κ3) is 3.67. The van der Waals surface area contributed by atoms with Crippen LogP contribution in [0, 0.1) is 0 Å². The summed E-state index contributed by atoms with van der Waals surface area (Å²) < 4.78 is 7.10. The zero-order valence-electron chi connectivity index (χ0n) is 16.1. The highest BCUT2D eigenvalue weighted by molar-refractivity contribution is 6.04. The van der Waals surface area contributed by atoms with Gasteiger partial charge in [-0.2, -0.15) is 0 Å². The number of nitrogens with one attached hydrogen (secondary N) is 1. The van der Waals surface area contributed by atoms with Gasteiger partial charge in [0.05, 0.1) is 11.1 Å². The van der Waals surface area contributed by atoms with Crippen LogP contribution in [0.25, 0.3) is 21.8 Å². The topological polar surface area (TPSA) is 86.1 Å². The molecule has 1 aromatic heterocycles. The second-order valence-electron chi connectivity index (χ2n) is 6.67. The first-order valence-electron chi connectivity index (χ1n) is 9.39. The number of aryl methyl sites for hydroxylation is 1. The molecule has 0 spiro atoms. The molecule has 1 atom stereocenters. The van der Waals surface area contributed by atoms with Gasteiger partial charge in [0.2, 0.25) is 0 Å². The van der Waals surface area contributed by atoms with Gasteiger partial charge in [-0.1, -0.05) is 41.6 Å². The number of esters is 1. The smallest absolute Gasteiger partial charge is 0.338 e. The van der Waals surface area contributed by atoms with Gasteiger partial charge in [0.25, 0.3) is 5.91 Å². The van der Waals surface area contributed by atoms with Gasteiger partial charge < -0.3 is 10.1 Å². The summed E-state index contributed by atoms with van der Waals surface area (Å²) in [5.41, 5.74) is 2.44. The molecule has 4 aromatic rings. The van der Waals surface area contributed by atoms with E-state index in [1.165, 1.54) is 0 Å². The minimum atomic E-state index is -0.955. The van der Waals surface area contributed by atoms with Gasteiger partial charge in [0.15, 0.2) is 6.10 Å². The minimum absolute atomic E-state index is 0.325. The molecule has 7 nitrogen and oxygen atoms in total. The predicted molar refractivity (Wildman–Crippen MR) is 111 cm³/mol. The number of aromatic nitrogens is 3. The molecule has 29 heavy (non-hydrogen) atoms. The van der Waals surface area contributed by atoms with Gasteiger partial charge in [0.1, 0.15) is 5.52 Å².